The van der Waals surface area contributed by atoms with E-state index in [0.29, 0.717) is 0 Å². The van der Waals surface area contributed by atoms with Gasteiger partial charge in [0.1, 0.15) is 11.2 Å². The summed E-state index contributed by atoms with van der Waals surface area (Å²) >= 11 is 0. The first-order valence-electron chi connectivity index (χ1n) is 18.8. The fourth-order valence-corrected chi connectivity index (χ4v) is 10.6. The Hall–Kier alpha value is -7.10. The van der Waals surface area contributed by atoms with Crippen LogP contribution in [0.15, 0.2) is 168 Å². The van der Waals surface area contributed by atoms with Gasteiger partial charge < -0.3 is 13.6 Å². The molecule has 12 aromatic rings. The van der Waals surface area contributed by atoms with Crippen LogP contribution in [0.5, 0.6) is 0 Å². The third-order valence-corrected chi connectivity index (χ3v) is 12.7. The molecule has 1 atom stereocenters. The quantitative estimate of drug-likeness (QED) is 0.169. The van der Waals surface area contributed by atoms with E-state index in [0.717, 1.165) is 22.2 Å². The van der Waals surface area contributed by atoms with Crippen LogP contribution in [0.3, 0.4) is 0 Å². The topological polar surface area (TPSA) is 23.0 Å². The Morgan fingerprint density at radius 3 is 1.94 bits per heavy atom. The molecule has 3 nitrogen and oxygen atoms in total. The molecular formula is C51H28N2O. The fraction of sp³-hybridized carbons (Fsp3) is 0.0196. The van der Waals surface area contributed by atoms with Gasteiger partial charge >= 0.3 is 0 Å². The molecule has 1 aliphatic heterocycles. The molecule has 3 aromatic heterocycles. The molecule has 0 bridgehead atoms. The monoisotopic (exact) mass is 684 g/mol. The van der Waals surface area contributed by atoms with E-state index in [4.69, 9.17) is 4.42 Å². The van der Waals surface area contributed by atoms with Crippen LogP contribution in [-0.4, -0.2) is 9.13 Å². The highest BCUT2D eigenvalue weighted by Crippen LogP contribution is 2.57. The first-order chi connectivity index (χ1) is 26.8. The number of hydrogen-bond acceptors (Lipinski definition) is 1. The maximum absolute atomic E-state index is 6.61. The molecule has 1 unspecified atom stereocenters. The summed E-state index contributed by atoms with van der Waals surface area (Å²) in [6.07, 6.45) is 0. The highest BCUT2D eigenvalue weighted by molar-refractivity contribution is 6.24. The zero-order valence-electron chi connectivity index (χ0n) is 29.0. The summed E-state index contributed by atoms with van der Waals surface area (Å²) in [5.41, 5.74) is 16.0. The van der Waals surface area contributed by atoms with Crippen LogP contribution in [0.25, 0.3) is 110 Å². The Kier molecular flexibility index (Phi) is 4.82. The van der Waals surface area contributed by atoms with Crippen LogP contribution in [0.1, 0.15) is 22.6 Å². The minimum Gasteiger partial charge on any atom is -0.456 e. The van der Waals surface area contributed by atoms with E-state index in [1.54, 1.807) is 0 Å². The van der Waals surface area contributed by atoms with Crippen LogP contribution < -0.4 is 0 Å². The smallest absolute Gasteiger partial charge is 0.138 e. The number of benzene rings is 9. The molecule has 0 fully saturated rings. The standard InChI is InChI=1S/C51H28N2O/c1-2-14-32-29(11-1)44(27-46-48(32)36-16-6-10-20-45(36)54-46)52-40-17-7-4-13-31(40)38-25-37-33-23-21-28-22-24-34-30-12-3-8-18-41(30)53-42-19-9-5-15-35(42)49(39(37)26-43(38)52)50(33)47(28)51(34)53/h1-27,49H. The largest absolute Gasteiger partial charge is 0.456 e. The maximum Gasteiger partial charge on any atom is 0.138 e. The van der Waals surface area contributed by atoms with Gasteiger partial charge in [-0.3, -0.25) is 0 Å². The summed E-state index contributed by atoms with van der Waals surface area (Å²) < 4.78 is 11.7. The number of furan rings is 1. The van der Waals surface area contributed by atoms with Gasteiger partial charge in [-0.25, -0.2) is 0 Å². The van der Waals surface area contributed by atoms with Gasteiger partial charge in [-0.15, -0.1) is 0 Å². The van der Waals surface area contributed by atoms with Gasteiger partial charge in [0.25, 0.3) is 0 Å². The molecule has 248 valence electrons. The van der Waals surface area contributed by atoms with Gasteiger partial charge in [0, 0.05) is 55.1 Å². The Balaban J connectivity index is 1.14. The number of hydrogen-bond donors (Lipinski definition) is 0. The van der Waals surface area contributed by atoms with Gasteiger partial charge in [0.2, 0.25) is 0 Å². The van der Waals surface area contributed by atoms with Crippen LogP contribution in [0, 0.1) is 0 Å². The van der Waals surface area contributed by atoms with Gasteiger partial charge in [0.05, 0.1) is 33.4 Å². The number of para-hydroxylation sites is 4. The number of rotatable bonds is 1. The molecule has 0 saturated heterocycles. The van der Waals surface area contributed by atoms with Gasteiger partial charge in [-0.2, -0.15) is 0 Å². The third-order valence-electron chi connectivity index (χ3n) is 12.7. The van der Waals surface area contributed by atoms with Crippen molar-refractivity contribution < 1.29 is 4.42 Å². The average molecular weight is 685 g/mol. The van der Waals surface area contributed by atoms with Crippen molar-refractivity contribution in [2.75, 3.05) is 0 Å². The summed E-state index contributed by atoms with van der Waals surface area (Å²) in [6.45, 7) is 0. The Morgan fingerprint density at radius 1 is 0.389 bits per heavy atom. The van der Waals surface area contributed by atoms with Crippen LogP contribution >= 0.6 is 0 Å². The van der Waals surface area contributed by atoms with Crippen molar-refractivity contribution in [1.29, 1.82) is 0 Å². The summed E-state index contributed by atoms with van der Waals surface area (Å²) in [5, 5.41) is 12.5. The molecule has 0 saturated carbocycles. The molecular weight excluding hydrogens is 657 g/mol. The Bertz CT molecular complexity index is 3680. The predicted octanol–water partition coefficient (Wildman–Crippen LogP) is 13.6. The molecule has 3 heteroatoms. The van der Waals surface area contributed by atoms with Gasteiger partial charge in [-0.05, 0) is 75.0 Å². The van der Waals surface area contributed by atoms with Crippen molar-refractivity contribution in [3.05, 3.63) is 180 Å². The molecule has 9 aromatic carbocycles. The van der Waals surface area contributed by atoms with E-state index in [1.807, 2.05) is 0 Å². The van der Waals surface area contributed by atoms with Gasteiger partial charge in [-0.1, -0.05) is 121 Å². The van der Waals surface area contributed by atoms with Crippen molar-refractivity contribution >= 4 is 87.1 Å². The molecule has 14 rings (SSSR count). The van der Waals surface area contributed by atoms with E-state index >= 15 is 0 Å². The molecule has 1 aliphatic carbocycles. The van der Waals surface area contributed by atoms with Crippen molar-refractivity contribution in [2.24, 2.45) is 0 Å². The van der Waals surface area contributed by atoms with Crippen molar-refractivity contribution in [3.8, 4) is 22.5 Å². The summed E-state index contributed by atoms with van der Waals surface area (Å²) in [6, 6.07) is 60.9. The van der Waals surface area contributed by atoms with Crippen molar-refractivity contribution in [3.63, 3.8) is 0 Å². The first kappa shape index (κ1) is 27.5. The number of nitrogens with zero attached hydrogens (tertiary/aromatic N) is 2. The third kappa shape index (κ3) is 3.14. The number of aromatic nitrogens is 2. The Labute approximate surface area is 308 Å². The molecule has 4 heterocycles. The summed E-state index contributed by atoms with van der Waals surface area (Å²) in [4.78, 5) is 0. The molecule has 2 aliphatic rings. The van der Waals surface area contributed by atoms with Crippen LogP contribution in [-0.2, 0) is 0 Å². The molecule has 54 heavy (non-hydrogen) atoms. The van der Waals surface area contributed by atoms with E-state index in [2.05, 4.69) is 173 Å². The minimum absolute atomic E-state index is 0.0876. The lowest BCUT2D eigenvalue weighted by Gasteiger charge is -2.19. The lowest BCUT2D eigenvalue weighted by atomic mass is 9.86. The van der Waals surface area contributed by atoms with Gasteiger partial charge in [0.15, 0.2) is 0 Å². The SMILES string of the molecule is c1ccc2c(c1)C1c3cc4c(cc3-c3ccc5ccc6c7ccccc7n-2c6c5c31)c1ccccc1n4-c1cc2oc3ccccc3c2c2ccccc12. The molecule has 0 amide bonds. The second kappa shape index (κ2) is 9.46. The lowest BCUT2D eigenvalue weighted by Crippen LogP contribution is -2.04. The van der Waals surface area contributed by atoms with E-state index < -0.39 is 0 Å². The normalized spacial score (nSPS) is 14.5. The summed E-state index contributed by atoms with van der Waals surface area (Å²) in [5.74, 6) is 0.0876. The zero-order chi connectivity index (χ0) is 34.8. The lowest BCUT2D eigenvalue weighted by molar-refractivity contribution is 0.669. The first-order valence-corrected chi connectivity index (χ1v) is 18.8. The van der Waals surface area contributed by atoms with Crippen molar-refractivity contribution in [1.82, 2.24) is 9.13 Å². The summed E-state index contributed by atoms with van der Waals surface area (Å²) in [7, 11) is 0. The number of fused-ring (bicyclic) bond motifs is 17. The predicted molar refractivity (Wildman–Crippen MR) is 224 cm³/mol. The highest BCUT2D eigenvalue weighted by Gasteiger charge is 2.38. The van der Waals surface area contributed by atoms with Crippen LogP contribution in [0.2, 0.25) is 0 Å². The van der Waals surface area contributed by atoms with Crippen LogP contribution in [0.4, 0.5) is 0 Å². The average Bonchev–Trinajstić information content (AvgIpc) is 3.93. The van der Waals surface area contributed by atoms with E-state index in [9.17, 15) is 0 Å². The fourth-order valence-electron chi connectivity index (χ4n) is 10.6. The second-order valence-electron chi connectivity index (χ2n) is 15.2. The maximum atomic E-state index is 6.61. The second-order valence-corrected chi connectivity index (χ2v) is 15.2. The van der Waals surface area contributed by atoms with E-state index in [1.165, 1.54) is 104 Å². The minimum atomic E-state index is 0.0876. The molecule has 0 radical (unpaired) electrons. The molecule has 0 N–H and O–H groups in total. The Morgan fingerprint density at radius 2 is 1.07 bits per heavy atom. The highest BCUT2D eigenvalue weighted by atomic mass is 16.3. The van der Waals surface area contributed by atoms with Crippen molar-refractivity contribution in [2.45, 2.75) is 5.92 Å². The zero-order valence-corrected chi connectivity index (χ0v) is 29.0. The van der Waals surface area contributed by atoms with E-state index in [-0.39, 0.29) is 5.92 Å². The molecule has 0 spiro atoms.